The van der Waals surface area contributed by atoms with Crippen LogP contribution in [0.3, 0.4) is 0 Å². The van der Waals surface area contributed by atoms with Crippen LogP contribution >= 0.6 is 0 Å². The Bertz CT molecular complexity index is 916. The highest BCUT2D eigenvalue weighted by molar-refractivity contribution is 5.90. The average Bonchev–Trinajstić information content (AvgIpc) is 3.45. The standard InChI is InChI=1S/C22H26N6O/c29-21(11-8-18-12-14-23-16-18)24-20-9-6-17(7-10-20)13-15-28-26-22(25-27-28)19-4-2-1-3-5-19/h1-7,9-10,18,23H,8,11-16H2,(H,24,29). The molecule has 7 heteroatoms. The predicted octanol–water partition coefficient (Wildman–Crippen LogP) is 2.91. The van der Waals surface area contributed by atoms with E-state index in [1.165, 1.54) is 12.0 Å². The summed E-state index contributed by atoms with van der Waals surface area (Å²) >= 11 is 0. The lowest BCUT2D eigenvalue weighted by Gasteiger charge is -2.09. The quantitative estimate of drug-likeness (QED) is 0.618. The van der Waals surface area contributed by atoms with Crippen LogP contribution in [-0.2, 0) is 17.8 Å². The number of aromatic nitrogens is 4. The van der Waals surface area contributed by atoms with E-state index < -0.39 is 0 Å². The third-order valence-electron chi connectivity index (χ3n) is 5.27. The number of nitrogens with one attached hydrogen (secondary N) is 2. The third-order valence-corrected chi connectivity index (χ3v) is 5.27. The molecule has 0 spiro atoms. The molecule has 2 N–H and O–H groups in total. The fourth-order valence-electron chi connectivity index (χ4n) is 3.54. The van der Waals surface area contributed by atoms with Crippen LogP contribution in [0.15, 0.2) is 54.6 Å². The molecule has 1 amide bonds. The van der Waals surface area contributed by atoms with Gasteiger partial charge in [0.05, 0.1) is 6.54 Å². The highest BCUT2D eigenvalue weighted by Crippen LogP contribution is 2.16. The van der Waals surface area contributed by atoms with Gasteiger partial charge in [-0.15, -0.1) is 10.2 Å². The van der Waals surface area contributed by atoms with Crippen molar-refractivity contribution in [2.75, 3.05) is 18.4 Å². The number of nitrogens with zero attached hydrogens (tertiary/aromatic N) is 4. The van der Waals surface area contributed by atoms with Crippen molar-refractivity contribution >= 4 is 11.6 Å². The van der Waals surface area contributed by atoms with Crippen molar-refractivity contribution in [3.05, 3.63) is 60.2 Å². The number of amides is 1. The van der Waals surface area contributed by atoms with Gasteiger partial charge in [-0.1, -0.05) is 42.5 Å². The Morgan fingerprint density at radius 2 is 1.97 bits per heavy atom. The summed E-state index contributed by atoms with van der Waals surface area (Å²) in [6.07, 6.45) is 3.51. The Morgan fingerprint density at radius 1 is 1.14 bits per heavy atom. The molecule has 2 heterocycles. The van der Waals surface area contributed by atoms with E-state index in [0.29, 0.717) is 24.7 Å². The molecule has 1 aliphatic rings. The van der Waals surface area contributed by atoms with Gasteiger partial charge in [-0.25, -0.2) is 0 Å². The fourth-order valence-corrected chi connectivity index (χ4v) is 3.54. The van der Waals surface area contributed by atoms with E-state index in [4.69, 9.17) is 0 Å². The summed E-state index contributed by atoms with van der Waals surface area (Å²) in [6, 6.07) is 17.8. The number of benzene rings is 2. The number of tetrazole rings is 1. The van der Waals surface area contributed by atoms with Crippen LogP contribution in [0, 0.1) is 5.92 Å². The second-order valence-corrected chi connectivity index (χ2v) is 7.47. The van der Waals surface area contributed by atoms with Gasteiger partial charge in [-0.05, 0) is 61.2 Å². The van der Waals surface area contributed by atoms with E-state index in [1.54, 1.807) is 4.80 Å². The van der Waals surface area contributed by atoms with Crippen molar-refractivity contribution in [1.29, 1.82) is 0 Å². The second kappa shape index (κ2) is 9.43. The molecule has 3 aromatic rings. The van der Waals surface area contributed by atoms with E-state index in [-0.39, 0.29) is 5.91 Å². The van der Waals surface area contributed by atoms with Crippen LogP contribution in [-0.4, -0.2) is 39.2 Å². The Kier molecular flexibility index (Phi) is 6.26. The number of anilines is 1. The van der Waals surface area contributed by atoms with Crippen molar-refractivity contribution in [1.82, 2.24) is 25.5 Å². The Labute approximate surface area is 170 Å². The molecule has 2 aromatic carbocycles. The van der Waals surface area contributed by atoms with Crippen molar-refractivity contribution in [3.63, 3.8) is 0 Å². The zero-order chi connectivity index (χ0) is 19.9. The first kappa shape index (κ1) is 19.3. The maximum absolute atomic E-state index is 12.1. The molecule has 4 rings (SSSR count). The van der Waals surface area contributed by atoms with E-state index in [1.807, 2.05) is 54.6 Å². The lowest BCUT2D eigenvalue weighted by molar-refractivity contribution is -0.116. The molecule has 29 heavy (non-hydrogen) atoms. The molecule has 1 fully saturated rings. The van der Waals surface area contributed by atoms with Gasteiger partial charge in [0.1, 0.15) is 0 Å². The molecule has 1 atom stereocenters. The number of carbonyl (C=O) groups is 1. The third kappa shape index (κ3) is 5.48. The van der Waals surface area contributed by atoms with Gasteiger partial charge in [0.15, 0.2) is 0 Å². The van der Waals surface area contributed by atoms with Crippen LogP contribution in [0.1, 0.15) is 24.8 Å². The molecule has 0 aliphatic carbocycles. The highest BCUT2D eigenvalue weighted by Gasteiger charge is 2.15. The van der Waals surface area contributed by atoms with Gasteiger partial charge in [-0.2, -0.15) is 4.80 Å². The van der Waals surface area contributed by atoms with Crippen LogP contribution in [0.5, 0.6) is 0 Å². The first-order chi connectivity index (χ1) is 14.3. The maximum Gasteiger partial charge on any atom is 0.224 e. The first-order valence-corrected chi connectivity index (χ1v) is 10.2. The normalized spacial score (nSPS) is 16.1. The molecule has 0 bridgehead atoms. The lowest BCUT2D eigenvalue weighted by Crippen LogP contribution is -2.15. The number of hydrogen-bond acceptors (Lipinski definition) is 5. The largest absolute Gasteiger partial charge is 0.326 e. The second-order valence-electron chi connectivity index (χ2n) is 7.47. The molecular formula is C22H26N6O. The number of hydrogen-bond donors (Lipinski definition) is 2. The van der Waals surface area contributed by atoms with Crippen molar-refractivity contribution < 1.29 is 4.79 Å². The zero-order valence-corrected chi connectivity index (χ0v) is 16.4. The van der Waals surface area contributed by atoms with Crippen LogP contribution < -0.4 is 10.6 Å². The van der Waals surface area contributed by atoms with E-state index >= 15 is 0 Å². The molecule has 0 saturated carbocycles. The van der Waals surface area contributed by atoms with Gasteiger partial charge in [-0.3, -0.25) is 4.79 Å². The summed E-state index contributed by atoms with van der Waals surface area (Å²) in [5.74, 6) is 1.36. The SMILES string of the molecule is O=C(CCC1CCNC1)Nc1ccc(CCn2nnc(-c3ccccc3)n2)cc1. The summed E-state index contributed by atoms with van der Waals surface area (Å²) in [7, 11) is 0. The van der Waals surface area contributed by atoms with E-state index in [9.17, 15) is 4.79 Å². The molecule has 0 radical (unpaired) electrons. The molecule has 150 valence electrons. The summed E-state index contributed by atoms with van der Waals surface area (Å²) in [6.45, 7) is 2.77. The van der Waals surface area contributed by atoms with E-state index in [0.717, 1.165) is 37.2 Å². The molecular weight excluding hydrogens is 364 g/mol. The van der Waals surface area contributed by atoms with Crippen LogP contribution in [0.25, 0.3) is 11.4 Å². The van der Waals surface area contributed by atoms with Crippen LogP contribution in [0.4, 0.5) is 5.69 Å². The molecule has 1 aliphatic heterocycles. The Hall–Kier alpha value is -3.06. The van der Waals surface area contributed by atoms with Gasteiger partial charge in [0, 0.05) is 17.7 Å². The van der Waals surface area contributed by atoms with E-state index in [2.05, 4.69) is 26.0 Å². The van der Waals surface area contributed by atoms with Crippen molar-refractivity contribution in [2.45, 2.75) is 32.2 Å². The highest BCUT2D eigenvalue weighted by atomic mass is 16.1. The first-order valence-electron chi connectivity index (χ1n) is 10.2. The van der Waals surface area contributed by atoms with Gasteiger partial charge < -0.3 is 10.6 Å². The molecule has 1 saturated heterocycles. The molecule has 7 nitrogen and oxygen atoms in total. The van der Waals surface area contributed by atoms with Crippen LogP contribution in [0.2, 0.25) is 0 Å². The average molecular weight is 390 g/mol. The summed E-state index contributed by atoms with van der Waals surface area (Å²) in [5.41, 5.74) is 2.97. The lowest BCUT2D eigenvalue weighted by atomic mass is 10.0. The minimum Gasteiger partial charge on any atom is -0.326 e. The topological polar surface area (TPSA) is 84.7 Å². The number of rotatable bonds is 8. The smallest absolute Gasteiger partial charge is 0.224 e. The fraction of sp³-hybridized carbons (Fsp3) is 0.364. The molecule has 1 unspecified atom stereocenters. The summed E-state index contributed by atoms with van der Waals surface area (Å²) in [5, 5.41) is 19.0. The van der Waals surface area contributed by atoms with Gasteiger partial charge >= 0.3 is 0 Å². The monoisotopic (exact) mass is 390 g/mol. The maximum atomic E-state index is 12.1. The van der Waals surface area contributed by atoms with Gasteiger partial charge in [0.2, 0.25) is 11.7 Å². The number of carbonyl (C=O) groups excluding carboxylic acids is 1. The van der Waals surface area contributed by atoms with Crippen molar-refractivity contribution in [3.8, 4) is 11.4 Å². The zero-order valence-electron chi connectivity index (χ0n) is 16.4. The minimum atomic E-state index is 0.0879. The Morgan fingerprint density at radius 3 is 2.72 bits per heavy atom. The predicted molar refractivity (Wildman–Crippen MR) is 112 cm³/mol. The summed E-state index contributed by atoms with van der Waals surface area (Å²) < 4.78 is 0. The molecule has 1 aromatic heterocycles. The van der Waals surface area contributed by atoms with Gasteiger partial charge in [0.25, 0.3) is 0 Å². The minimum absolute atomic E-state index is 0.0879. The van der Waals surface area contributed by atoms with Crippen molar-refractivity contribution in [2.24, 2.45) is 5.92 Å². The number of aryl methyl sites for hydroxylation is 2. The Balaban J connectivity index is 1.24. The summed E-state index contributed by atoms with van der Waals surface area (Å²) in [4.78, 5) is 13.7.